The molecule has 3 heterocycles. The SMILES string of the molecule is Cc1nccc(Oc2ccc(C[C@H](NC(=O)[C@@H]3Cc4cc5c(cc4CN3C(=O)NC3CCC(F)(F)CC3)O[C@@H](c3ccc(OCc4ccc(Cl)c(Cl)c4)cc3)CO5)C(=O)O)cc2)c1C. The number of carbonyl (C=O) groups excluding carboxylic acids is 2. The van der Waals surface area contributed by atoms with Crippen LogP contribution in [0.5, 0.6) is 28.7 Å². The number of hydrogen-bond donors (Lipinski definition) is 3. The largest absolute Gasteiger partial charge is 0.489 e. The fraction of sp³-hybridized carbons (Fsp3) is 0.333. The highest BCUT2D eigenvalue weighted by Gasteiger charge is 2.40. The molecule has 3 amide bonds. The van der Waals surface area contributed by atoms with Gasteiger partial charge in [-0.2, -0.15) is 0 Å². The van der Waals surface area contributed by atoms with Crippen LogP contribution in [0.2, 0.25) is 10.0 Å². The molecule has 3 aliphatic rings. The zero-order valence-corrected chi connectivity index (χ0v) is 36.6. The second-order valence-corrected chi connectivity index (χ2v) is 17.2. The monoisotopic (exact) mass is 914 g/mol. The van der Waals surface area contributed by atoms with E-state index in [1.165, 1.54) is 4.90 Å². The van der Waals surface area contributed by atoms with Crippen LogP contribution in [0.3, 0.4) is 0 Å². The zero-order chi connectivity index (χ0) is 45.1. The van der Waals surface area contributed by atoms with Gasteiger partial charge in [0, 0.05) is 55.7 Å². The van der Waals surface area contributed by atoms with E-state index < -0.39 is 48.1 Å². The van der Waals surface area contributed by atoms with Crippen molar-refractivity contribution in [2.75, 3.05) is 6.61 Å². The second-order valence-electron chi connectivity index (χ2n) is 16.4. The molecule has 0 spiro atoms. The molecule has 64 heavy (non-hydrogen) atoms. The highest BCUT2D eigenvalue weighted by Crippen LogP contribution is 2.41. The van der Waals surface area contributed by atoms with Gasteiger partial charge in [0.2, 0.25) is 11.8 Å². The van der Waals surface area contributed by atoms with Gasteiger partial charge in [0.25, 0.3) is 0 Å². The lowest BCUT2D eigenvalue weighted by molar-refractivity contribution is -0.142. The van der Waals surface area contributed by atoms with E-state index in [1.54, 1.807) is 60.8 Å². The number of urea groups is 1. The Hall–Kier alpha value is -6.12. The Morgan fingerprint density at radius 1 is 0.906 bits per heavy atom. The number of hydrogen-bond acceptors (Lipinski definition) is 8. The number of halogens is 4. The van der Waals surface area contributed by atoms with Gasteiger partial charge in [0.05, 0.1) is 10.0 Å². The Bertz CT molecular complexity index is 2540. The predicted octanol–water partition coefficient (Wildman–Crippen LogP) is 9.72. The van der Waals surface area contributed by atoms with Crippen LogP contribution in [-0.2, 0) is 35.6 Å². The van der Waals surface area contributed by atoms with E-state index in [1.807, 2.05) is 44.2 Å². The van der Waals surface area contributed by atoms with Crippen LogP contribution in [-0.4, -0.2) is 63.6 Å². The molecule has 1 fully saturated rings. The first-order chi connectivity index (χ1) is 30.7. The molecule has 0 bridgehead atoms. The molecule has 3 atom stereocenters. The molecule has 0 saturated heterocycles. The van der Waals surface area contributed by atoms with Crippen molar-refractivity contribution in [3.05, 3.63) is 140 Å². The Morgan fingerprint density at radius 3 is 2.33 bits per heavy atom. The van der Waals surface area contributed by atoms with E-state index in [4.69, 9.17) is 42.1 Å². The van der Waals surface area contributed by atoms with E-state index in [0.29, 0.717) is 62.1 Å². The molecule has 8 rings (SSSR count). The third-order valence-corrected chi connectivity index (χ3v) is 12.7. The fourth-order valence-electron chi connectivity index (χ4n) is 8.03. The standard InChI is InChI=1S/C48H46Cl2F2N4O8/c1-27-28(2)53-18-15-41(27)63-36-8-3-29(4-9-36)20-39(46(58)59)55-45(57)40-21-32-22-42-43(23-33(32)24-56(40)47(60)54-34-13-16-48(51,52)17-14-34)64-44(26-62-42)31-6-10-35(11-7-31)61-25-30-5-12-37(49)38(50)19-30/h3-12,15,18-19,22-23,34,39-40,44H,13-14,16-17,20-21,24-26H2,1-2H3,(H,54,60)(H,55,57)(H,58,59)/t39-,40-,44+/m0/s1. The third-order valence-electron chi connectivity index (χ3n) is 11.9. The summed E-state index contributed by atoms with van der Waals surface area (Å²) in [5.41, 5.74) is 5.48. The molecule has 1 aromatic heterocycles. The topological polar surface area (TPSA) is 149 Å². The number of benzene rings is 4. The maximum atomic E-state index is 14.2. The van der Waals surface area contributed by atoms with Crippen LogP contribution in [0, 0.1) is 13.8 Å². The normalized spacial score (nSPS) is 18.3. The van der Waals surface area contributed by atoms with E-state index in [2.05, 4.69) is 15.6 Å². The van der Waals surface area contributed by atoms with Gasteiger partial charge in [-0.15, -0.1) is 0 Å². The molecule has 2 aliphatic heterocycles. The molecule has 1 aliphatic carbocycles. The van der Waals surface area contributed by atoms with Crippen molar-refractivity contribution in [1.29, 1.82) is 0 Å². The van der Waals surface area contributed by atoms with Crippen LogP contribution < -0.4 is 29.6 Å². The summed E-state index contributed by atoms with van der Waals surface area (Å²) in [6, 6.07) is 21.4. The highest BCUT2D eigenvalue weighted by molar-refractivity contribution is 6.42. The molecular weight excluding hydrogens is 869 g/mol. The van der Waals surface area contributed by atoms with Crippen molar-refractivity contribution in [3.8, 4) is 28.7 Å². The Kier molecular flexibility index (Phi) is 13.2. The fourth-order valence-corrected chi connectivity index (χ4v) is 8.35. The van der Waals surface area contributed by atoms with Gasteiger partial charge in [-0.3, -0.25) is 9.78 Å². The van der Waals surface area contributed by atoms with Crippen molar-refractivity contribution < 1.29 is 47.2 Å². The van der Waals surface area contributed by atoms with Crippen molar-refractivity contribution in [2.24, 2.45) is 0 Å². The number of carboxylic acids is 1. The lowest BCUT2D eigenvalue weighted by Gasteiger charge is -2.39. The summed E-state index contributed by atoms with van der Waals surface area (Å²) in [7, 11) is 0. The Morgan fingerprint density at radius 2 is 1.61 bits per heavy atom. The number of amides is 3. The average Bonchev–Trinajstić information content (AvgIpc) is 3.28. The number of aliphatic carboxylic acids is 1. The summed E-state index contributed by atoms with van der Waals surface area (Å²) in [6.45, 7) is 4.25. The van der Waals surface area contributed by atoms with Crippen LogP contribution in [0.4, 0.5) is 13.6 Å². The van der Waals surface area contributed by atoms with Crippen LogP contribution in [0.25, 0.3) is 0 Å². The van der Waals surface area contributed by atoms with Crippen LogP contribution >= 0.6 is 23.2 Å². The van der Waals surface area contributed by atoms with Gasteiger partial charge in [-0.1, -0.05) is 53.5 Å². The zero-order valence-electron chi connectivity index (χ0n) is 35.0. The third kappa shape index (κ3) is 10.5. The molecule has 5 aromatic rings. The molecule has 1 saturated carbocycles. The van der Waals surface area contributed by atoms with Crippen molar-refractivity contribution in [3.63, 3.8) is 0 Å². The average molecular weight is 916 g/mol. The van der Waals surface area contributed by atoms with E-state index in [9.17, 15) is 28.3 Å². The molecular formula is C48H46Cl2F2N4O8. The molecule has 0 radical (unpaired) electrons. The first-order valence-corrected chi connectivity index (χ1v) is 21.7. The van der Waals surface area contributed by atoms with E-state index in [0.717, 1.165) is 22.4 Å². The summed E-state index contributed by atoms with van der Waals surface area (Å²) in [4.78, 5) is 46.4. The second kappa shape index (κ2) is 18.9. The molecule has 334 valence electrons. The quantitative estimate of drug-likeness (QED) is 0.111. The smallest absolute Gasteiger partial charge is 0.326 e. The van der Waals surface area contributed by atoms with E-state index in [-0.39, 0.29) is 51.7 Å². The summed E-state index contributed by atoms with van der Waals surface area (Å²) >= 11 is 12.2. The Labute approximate surface area is 378 Å². The number of nitrogens with one attached hydrogen (secondary N) is 2. The van der Waals surface area contributed by atoms with E-state index >= 15 is 0 Å². The highest BCUT2D eigenvalue weighted by atomic mass is 35.5. The van der Waals surface area contributed by atoms with Gasteiger partial charge >= 0.3 is 12.0 Å². The minimum atomic E-state index is -2.80. The Balaban J connectivity index is 0.964. The number of rotatable bonds is 12. The van der Waals surface area contributed by atoms with Crippen LogP contribution in [0.15, 0.2) is 91.1 Å². The maximum absolute atomic E-state index is 14.2. The first-order valence-electron chi connectivity index (χ1n) is 21.0. The first kappa shape index (κ1) is 44.5. The molecule has 4 aromatic carbocycles. The number of ether oxygens (including phenoxy) is 4. The number of carbonyl (C=O) groups is 3. The van der Waals surface area contributed by atoms with Gasteiger partial charge < -0.3 is 39.6 Å². The lowest BCUT2D eigenvalue weighted by atomic mass is 9.91. The van der Waals surface area contributed by atoms with Gasteiger partial charge in [-0.25, -0.2) is 18.4 Å². The van der Waals surface area contributed by atoms with Crippen molar-refractivity contribution in [2.45, 2.75) is 95.7 Å². The summed E-state index contributed by atoms with van der Waals surface area (Å²) in [5, 5.41) is 16.7. The molecule has 0 unspecified atom stereocenters. The van der Waals surface area contributed by atoms with Gasteiger partial charge in [0.15, 0.2) is 17.6 Å². The maximum Gasteiger partial charge on any atom is 0.326 e. The minimum absolute atomic E-state index is 0.0351. The number of fused-ring (bicyclic) bond motifs is 2. The summed E-state index contributed by atoms with van der Waals surface area (Å²) in [6.07, 6.45) is 0.621. The predicted molar refractivity (Wildman–Crippen MR) is 235 cm³/mol. The number of carboxylic acid groups (broad SMARTS) is 1. The summed E-state index contributed by atoms with van der Waals surface area (Å²) in [5.74, 6) is -1.99. The number of alkyl halides is 2. The number of nitrogens with zero attached hydrogens (tertiary/aromatic N) is 2. The number of pyridine rings is 1. The van der Waals surface area contributed by atoms with Gasteiger partial charge in [0.1, 0.15) is 42.5 Å². The molecule has 12 nitrogen and oxygen atoms in total. The lowest BCUT2D eigenvalue weighted by Crippen LogP contribution is -2.59. The van der Waals surface area contributed by atoms with Crippen molar-refractivity contribution in [1.82, 2.24) is 20.5 Å². The molecule has 16 heteroatoms. The summed E-state index contributed by atoms with van der Waals surface area (Å²) < 4.78 is 52.6. The number of aryl methyl sites for hydroxylation is 1. The van der Waals surface area contributed by atoms with Crippen LogP contribution in [0.1, 0.15) is 70.9 Å². The van der Waals surface area contributed by atoms with Crippen molar-refractivity contribution >= 4 is 41.1 Å². The molecule has 3 N–H and O–H groups in total. The minimum Gasteiger partial charge on any atom is -0.489 e. The number of aromatic nitrogens is 1. The van der Waals surface area contributed by atoms with Gasteiger partial charge in [-0.05, 0) is 109 Å².